The first-order valence-electron chi connectivity index (χ1n) is 9.86. The summed E-state index contributed by atoms with van der Waals surface area (Å²) in [7, 11) is 0. The molecule has 0 saturated heterocycles. The molecule has 8 heteroatoms. The van der Waals surface area contributed by atoms with Crippen LogP contribution in [0, 0.1) is 5.92 Å². The molecule has 0 amide bonds. The standard InChI is InChI=1S/C22H25ClN6S/c1-3-15(2)13-26-22(30)27-14-19-11-16(7-9-24-19)20-8-10-25-21(29-20)28-18-6-4-5-17(23)12-18/h4-12,15H,3,13-14H2,1-2H3,(H,25,28,29)(H2,26,27,30). The van der Waals surface area contributed by atoms with Crippen LogP contribution in [-0.4, -0.2) is 26.6 Å². The highest BCUT2D eigenvalue weighted by molar-refractivity contribution is 7.80. The summed E-state index contributed by atoms with van der Waals surface area (Å²) in [5.41, 5.74) is 3.47. The molecule has 3 rings (SSSR count). The van der Waals surface area contributed by atoms with Crippen molar-refractivity contribution in [2.24, 2.45) is 5.92 Å². The number of nitrogens with one attached hydrogen (secondary N) is 3. The average Bonchev–Trinajstić information content (AvgIpc) is 2.76. The van der Waals surface area contributed by atoms with Gasteiger partial charge in [0.1, 0.15) is 0 Å². The maximum atomic E-state index is 6.04. The molecule has 0 aliphatic carbocycles. The molecule has 1 unspecified atom stereocenters. The Bertz CT molecular complexity index is 997. The van der Waals surface area contributed by atoms with E-state index in [0.717, 1.165) is 35.6 Å². The van der Waals surface area contributed by atoms with Gasteiger partial charge in [-0.05, 0) is 54.5 Å². The lowest BCUT2D eigenvalue weighted by atomic mass is 10.1. The van der Waals surface area contributed by atoms with Gasteiger partial charge in [-0.2, -0.15) is 0 Å². The highest BCUT2D eigenvalue weighted by Crippen LogP contribution is 2.21. The molecule has 3 aromatic rings. The molecule has 2 heterocycles. The molecule has 3 N–H and O–H groups in total. The third kappa shape index (κ3) is 6.64. The van der Waals surface area contributed by atoms with Gasteiger partial charge >= 0.3 is 0 Å². The second kappa shape index (κ2) is 10.8. The maximum absolute atomic E-state index is 6.04. The first-order chi connectivity index (χ1) is 14.5. The van der Waals surface area contributed by atoms with Gasteiger partial charge < -0.3 is 16.0 Å². The lowest BCUT2D eigenvalue weighted by molar-refractivity contribution is 0.546. The van der Waals surface area contributed by atoms with Crippen molar-refractivity contribution in [2.45, 2.75) is 26.8 Å². The summed E-state index contributed by atoms with van der Waals surface area (Å²) in [6.45, 7) is 5.76. The lowest BCUT2D eigenvalue weighted by Gasteiger charge is -2.13. The van der Waals surface area contributed by atoms with E-state index in [-0.39, 0.29) is 0 Å². The van der Waals surface area contributed by atoms with Crippen LogP contribution in [0.2, 0.25) is 5.02 Å². The normalized spacial score (nSPS) is 11.6. The van der Waals surface area contributed by atoms with Crippen LogP contribution in [0.15, 0.2) is 54.9 Å². The van der Waals surface area contributed by atoms with Crippen molar-refractivity contribution in [3.8, 4) is 11.3 Å². The summed E-state index contributed by atoms with van der Waals surface area (Å²) in [5.74, 6) is 1.08. The van der Waals surface area contributed by atoms with E-state index in [4.69, 9.17) is 23.8 Å². The van der Waals surface area contributed by atoms with Crippen molar-refractivity contribution in [1.82, 2.24) is 25.6 Å². The van der Waals surface area contributed by atoms with Gasteiger partial charge in [0.2, 0.25) is 5.95 Å². The van der Waals surface area contributed by atoms with Gasteiger partial charge in [0.05, 0.1) is 17.9 Å². The number of aromatic nitrogens is 3. The Morgan fingerprint density at radius 3 is 2.73 bits per heavy atom. The zero-order valence-corrected chi connectivity index (χ0v) is 18.6. The molecule has 1 aromatic carbocycles. The zero-order chi connectivity index (χ0) is 21.3. The van der Waals surface area contributed by atoms with Gasteiger partial charge in [-0.15, -0.1) is 0 Å². The van der Waals surface area contributed by atoms with E-state index in [1.165, 1.54) is 0 Å². The summed E-state index contributed by atoms with van der Waals surface area (Å²) < 4.78 is 0. The number of halogens is 1. The fraction of sp³-hybridized carbons (Fsp3) is 0.273. The monoisotopic (exact) mass is 440 g/mol. The fourth-order valence-electron chi connectivity index (χ4n) is 2.65. The Balaban J connectivity index is 1.64. The van der Waals surface area contributed by atoms with Crippen molar-refractivity contribution < 1.29 is 0 Å². The van der Waals surface area contributed by atoms with E-state index >= 15 is 0 Å². The molecule has 30 heavy (non-hydrogen) atoms. The number of pyridine rings is 1. The van der Waals surface area contributed by atoms with Gasteiger partial charge in [0.15, 0.2) is 5.11 Å². The second-order valence-electron chi connectivity index (χ2n) is 7.01. The van der Waals surface area contributed by atoms with Crippen LogP contribution in [0.1, 0.15) is 26.0 Å². The largest absolute Gasteiger partial charge is 0.362 e. The molecular formula is C22H25ClN6S. The van der Waals surface area contributed by atoms with Gasteiger partial charge in [-0.1, -0.05) is 37.9 Å². The van der Waals surface area contributed by atoms with Crippen LogP contribution in [0.25, 0.3) is 11.3 Å². The van der Waals surface area contributed by atoms with Crippen molar-refractivity contribution in [2.75, 3.05) is 11.9 Å². The first kappa shape index (κ1) is 21.9. The van der Waals surface area contributed by atoms with Crippen LogP contribution < -0.4 is 16.0 Å². The van der Waals surface area contributed by atoms with Gasteiger partial charge in [-0.25, -0.2) is 9.97 Å². The van der Waals surface area contributed by atoms with Crippen molar-refractivity contribution in [3.63, 3.8) is 0 Å². The lowest BCUT2D eigenvalue weighted by Crippen LogP contribution is -2.37. The summed E-state index contributed by atoms with van der Waals surface area (Å²) >= 11 is 11.4. The molecule has 1 atom stereocenters. The predicted molar refractivity (Wildman–Crippen MR) is 127 cm³/mol. The van der Waals surface area contributed by atoms with Gasteiger partial charge in [0.25, 0.3) is 0 Å². The fourth-order valence-corrected chi connectivity index (χ4v) is 3.00. The minimum Gasteiger partial charge on any atom is -0.362 e. The number of benzene rings is 1. The van der Waals surface area contributed by atoms with Gasteiger partial charge in [-0.3, -0.25) is 4.98 Å². The van der Waals surface area contributed by atoms with E-state index in [2.05, 4.69) is 44.7 Å². The summed E-state index contributed by atoms with van der Waals surface area (Å²) in [4.78, 5) is 13.3. The minimum atomic E-state index is 0.502. The highest BCUT2D eigenvalue weighted by atomic mass is 35.5. The Morgan fingerprint density at radius 2 is 1.93 bits per heavy atom. The molecule has 156 valence electrons. The van der Waals surface area contributed by atoms with Crippen molar-refractivity contribution >= 4 is 40.6 Å². The topological polar surface area (TPSA) is 74.8 Å². The van der Waals surface area contributed by atoms with Crippen LogP contribution in [0.5, 0.6) is 0 Å². The molecule has 0 aliphatic rings. The molecule has 0 fully saturated rings. The van der Waals surface area contributed by atoms with Crippen LogP contribution >= 0.6 is 23.8 Å². The van der Waals surface area contributed by atoms with E-state index in [1.807, 2.05) is 42.5 Å². The summed E-state index contributed by atoms with van der Waals surface area (Å²) in [6, 6.07) is 13.2. The molecule has 0 aliphatic heterocycles. The molecule has 2 aromatic heterocycles. The SMILES string of the molecule is CCC(C)CNC(=S)NCc1cc(-c2ccnc(Nc3cccc(Cl)c3)n2)ccn1. The first-order valence-corrected chi connectivity index (χ1v) is 10.6. The number of hydrogen-bond donors (Lipinski definition) is 3. The number of anilines is 2. The summed E-state index contributed by atoms with van der Waals surface area (Å²) in [5, 5.41) is 10.9. The average molecular weight is 441 g/mol. The Kier molecular flexibility index (Phi) is 7.93. The zero-order valence-electron chi connectivity index (χ0n) is 17.0. The molecular weight excluding hydrogens is 416 g/mol. The molecule has 0 radical (unpaired) electrons. The number of hydrogen-bond acceptors (Lipinski definition) is 5. The van der Waals surface area contributed by atoms with Crippen LogP contribution in [0.3, 0.4) is 0 Å². The highest BCUT2D eigenvalue weighted by Gasteiger charge is 2.06. The second-order valence-corrected chi connectivity index (χ2v) is 7.86. The third-order valence-corrected chi connectivity index (χ3v) is 5.11. The maximum Gasteiger partial charge on any atom is 0.227 e. The van der Waals surface area contributed by atoms with E-state index in [9.17, 15) is 0 Å². The molecule has 0 spiro atoms. The quantitative estimate of drug-likeness (QED) is 0.428. The third-order valence-electron chi connectivity index (χ3n) is 4.59. The molecule has 0 bridgehead atoms. The number of rotatable bonds is 8. The van der Waals surface area contributed by atoms with Gasteiger partial charge in [0, 0.05) is 35.2 Å². The number of thiocarbonyl (C=S) groups is 1. The minimum absolute atomic E-state index is 0.502. The molecule has 0 saturated carbocycles. The van der Waals surface area contributed by atoms with E-state index in [1.54, 1.807) is 12.4 Å². The predicted octanol–water partition coefficient (Wildman–Crippen LogP) is 4.95. The van der Waals surface area contributed by atoms with Crippen LogP contribution in [-0.2, 0) is 6.54 Å². The molecule has 6 nitrogen and oxygen atoms in total. The summed E-state index contributed by atoms with van der Waals surface area (Å²) in [6.07, 6.45) is 4.61. The van der Waals surface area contributed by atoms with Crippen molar-refractivity contribution in [3.05, 3.63) is 65.6 Å². The van der Waals surface area contributed by atoms with Crippen molar-refractivity contribution in [1.29, 1.82) is 0 Å². The Labute approximate surface area is 187 Å². The van der Waals surface area contributed by atoms with E-state index < -0.39 is 0 Å². The Morgan fingerprint density at radius 1 is 1.10 bits per heavy atom. The van der Waals surface area contributed by atoms with E-state index in [0.29, 0.717) is 28.5 Å². The number of nitrogens with zero attached hydrogens (tertiary/aromatic N) is 3. The Hall–Kier alpha value is -2.77. The van der Waals surface area contributed by atoms with Crippen LogP contribution in [0.4, 0.5) is 11.6 Å². The smallest absolute Gasteiger partial charge is 0.227 e.